The number of hydrogen-bond acceptors (Lipinski definition) is 3. The quantitative estimate of drug-likeness (QED) is 0.660. The molecule has 1 rings (SSSR count). The van der Waals surface area contributed by atoms with Gasteiger partial charge < -0.3 is 20.6 Å². The first-order valence-corrected chi connectivity index (χ1v) is 7.60. The maximum atomic E-state index is 12.4. The number of rotatable bonds is 7. The van der Waals surface area contributed by atoms with E-state index in [0.29, 0.717) is 13.0 Å². The second-order valence-electron chi connectivity index (χ2n) is 5.30. The number of nitrogens with one attached hydrogen (secondary N) is 2. The Kier molecular flexibility index (Phi) is 7.36. The van der Waals surface area contributed by atoms with E-state index in [2.05, 4.69) is 10.6 Å². The van der Waals surface area contributed by atoms with Crippen molar-refractivity contribution in [1.82, 2.24) is 15.5 Å². The summed E-state index contributed by atoms with van der Waals surface area (Å²) in [4.78, 5) is 25.3. The third-order valence-corrected chi connectivity index (χ3v) is 3.65. The van der Waals surface area contributed by atoms with E-state index in [1.54, 1.807) is 0 Å². The van der Waals surface area contributed by atoms with Crippen LogP contribution in [0.1, 0.15) is 46.0 Å². The highest BCUT2D eigenvalue weighted by atomic mass is 16.4. The van der Waals surface area contributed by atoms with Crippen LogP contribution in [0.5, 0.6) is 0 Å². The van der Waals surface area contributed by atoms with E-state index < -0.39 is 12.0 Å². The molecule has 20 heavy (non-hydrogen) atoms. The number of urea groups is 1. The molecule has 0 aromatic heterocycles. The van der Waals surface area contributed by atoms with Gasteiger partial charge in [-0.1, -0.05) is 20.3 Å². The first-order chi connectivity index (χ1) is 9.60. The Morgan fingerprint density at radius 3 is 2.45 bits per heavy atom. The average Bonchev–Trinajstić information content (AvgIpc) is 2.45. The Hall–Kier alpha value is -1.30. The van der Waals surface area contributed by atoms with Crippen LogP contribution in [-0.4, -0.2) is 53.7 Å². The summed E-state index contributed by atoms with van der Waals surface area (Å²) >= 11 is 0. The first kappa shape index (κ1) is 16.8. The molecule has 6 nitrogen and oxygen atoms in total. The standard InChI is InChI=1S/C14H27N3O3/c1-3-5-12(13(18)19)16-14(20)17(10-4-2)11-6-8-15-9-7-11/h11-12,15H,3-10H2,1-2H3,(H,16,20)(H,18,19)/t12-/m1/s1. The molecule has 0 aromatic rings. The van der Waals surface area contributed by atoms with Crippen molar-refractivity contribution in [3.63, 3.8) is 0 Å². The van der Waals surface area contributed by atoms with Crippen LogP contribution < -0.4 is 10.6 Å². The molecule has 3 N–H and O–H groups in total. The molecule has 0 radical (unpaired) electrons. The lowest BCUT2D eigenvalue weighted by Gasteiger charge is -2.35. The molecule has 0 aliphatic carbocycles. The predicted octanol–water partition coefficient (Wildman–Crippen LogP) is 1.41. The van der Waals surface area contributed by atoms with E-state index in [4.69, 9.17) is 5.11 Å². The third kappa shape index (κ3) is 5.00. The van der Waals surface area contributed by atoms with E-state index in [9.17, 15) is 9.59 Å². The number of carboxylic acid groups (broad SMARTS) is 1. The van der Waals surface area contributed by atoms with Gasteiger partial charge in [-0.05, 0) is 38.8 Å². The summed E-state index contributed by atoms with van der Waals surface area (Å²) < 4.78 is 0. The second-order valence-corrected chi connectivity index (χ2v) is 5.30. The van der Waals surface area contributed by atoms with Gasteiger partial charge in [0.2, 0.25) is 0 Å². The average molecular weight is 285 g/mol. The van der Waals surface area contributed by atoms with Crippen molar-refractivity contribution in [2.75, 3.05) is 19.6 Å². The van der Waals surface area contributed by atoms with Crippen molar-refractivity contribution < 1.29 is 14.7 Å². The molecule has 0 aromatic carbocycles. The number of aliphatic carboxylic acids is 1. The van der Waals surface area contributed by atoms with Crippen molar-refractivity contribution in [1.29, 1.82) is 0 Å². The fraction of sp³-hybridized carbons (Fsp3) is 0.857. The molecule has 1 heterocycles. The largest absolute Gasteiger partial charge is 0.480 e. The predicted molar refractivity (Wildman–Crippen MR) is 77.8 cm³/mol. The summed E-state index contributed by atoms with van der Waals surface area (Å²) in [5.74, 6) is -0.957. The highest BCUT2D eigenvalue weighted by Gasteiger charge is 2.27. The van der Waals surface area contributed by atoms with Crippen LogP contribution in [0.4, 0.5) is 4.79 Å². The number of nitrogens with zero attached hydrogens (tertiary/aromatic N) is 1. The van der Waals surface area contributed by atoms with Crippen LogP contribution in [0.25, 0.3) is 0 Å². The van der Waals surface area contributed by atoms with E-state index in [1.165, 1.54) is 0 Å². The smallest absolute Gasteiger partial charge is 0.326 e. The maximum Gasteiger partial charge on any atom is 0.326 e. The monoisotopic (exact) mass is 285 g/mol. The fourth-order valence-electron chi connectivity index (χ4n) is 2.59. The maximum absolute atomic E-state index is 12.4. The number of carboxylic acids is 1. The summed E-state index contributed by atoms with van der Waals surface area (Å²) in [5.41, 5.74) is 0. The molecule has 0 unspecified atom stereocenters. The topological polar surface area (TPSA) is 81.7 Å². The van der Waals surface area contributed by atoms with Gasteiger partial charge in [0.05, 0.1) is 0 Å². The lowest BCUT2D eigenvalue weighted by molar-refractivity contribution is -0.139. The molecule has 116 valence electrons. The van der Waals surface area contributed by atoms with Crippen molar-refractivity contribution >= 4 is 12.0 Å². The molecule has 2 amide bonds. The molecule has 1 atom stereocenters. The summed E-state index contributed by atoms with van der Waals surface area (Å²) in [6.07, 6.45) is 3.94. The second kappa shape index (κ2) is 8.79. The summed E-state index contributed by atoms with van der Waals surface area (Å²) in [5, 5.41) is 15.1. The van der Waals surface area contributed by atoms with E-state index in [-0.39, 0.29) is 12.1 Å². The first-order valence-electron chi connectivity index (χ1n) is 7.60. The minimum absolute atomic E-state index is 0.215. The number of hydrogen-bond donors (Lipinski definition) is 3. The van der Waals surface area contributed by atoms with Gasteiger partial charge in [-0.3, -0.25) is 0 Å². The van der Waals surface area contributed by atoms with Crippen molar-refractivity contribution in [3.8, 4) is 0 Å². The molecule has 1 aliphatic heterocycles. The van der Waals surface area contributed by atoms with Gasteiger partial charge in [-0.15, -0.1) is 0 Å². The zero-order chi connectivity index (χ0) is 15.0. The molecule has 1 aliphatic rings. The molecular formula is C14H27N3O3. The number of carbonyl (C=O) groups excluding carboxylic acids is 1. The van der Waals surface area contributed by atoms with Crippen LogP contribution in [0.2, 0.25) is 0 Å². The molecule has 1 fully saturated rings. The van der Waals surface area contributed by atoms with Crippen LogP contribution in [-0.2, 0) is 4.79 Å². The van der Waals surface area contributed by atoms with E-state index in [1.807, 2.05) is 18.7 Å². The normalized spacial score (nSPS) is 17.5. The summed E-state index contributed by atoms with van der Waals surface area (Å²) in [6.45, 7) is 6.45. The van der Waals surface area contributed by atoms with Gasteiger partial charge in [0.1, 0.15) is 6.04 Å². The Morgan fingerprint density at radius 2 is 1.95 bits per heavy atom. The molecule has 1 saturated heterocycles. The molecule has 6 heteroatoms. The molecular weight excluding hydrogens is 258 g/mol. The fourth-order valence-corrected chi connectivity index (χ4v) is 2.59. The number of piperidine rings is 1. The van der Waals surface area contributed by atoms with Crippen LogP contribution in [0, 0.1) is 0 Å². The van der Waals surface area contributed by atoms with Crippen LogP contribution in [0.3, 0.4) is 0 Å². The lowest BCUT2D eigenvalue weighted by Crippen LogP contribution is -2.53. The minimum atomic E-state index is -0.957. The molecule has 0 saturated carbocycles. The number of amides is 2. The van der Waals surface area contributed by atoms with Crippen molar-refractivity contribution in [2.24, 2.45) is 0 Å². The number of carbonyl (C=O) groups is 2. The van der Waals surface area contributed by atoms with Crippen LogP contribution in [0.15, 0.2) is 0 Å². The van der Waals surface area contributed by atoms with Gasteiger partial charge >= 0.3 is 12.0 Å². The van der Waals surface area contributed by atoms with Crippen LogP contribution >= 0.6 is 0 Å². The highest BCUT2D eigenvalue weighted by molar-refractivity contribution is 5.82. The van der Waals surface area contributed by atoms with E-state index in [0.717, 1.165) is 38.8 Å². The molecule has 0 spiro atoms. The Labute approximate surface area is 120 Å². The Bertz CT molecular complexity index is 317. The third-order valence-electron chi connectivity index (χ3n) is 3.65. The Balaban J connectivity index is 2.64. The molecule has 0 bridgehead atoms. The lowest BCUT2D eigenvalue weighted by atomic mass is 10.0. The summed E-state index contributed by atoms with van der Waals surface area (Å²) in [6, 6.07) is -0.805. The van der Waals surface area contributed by atoms with Gasteiger partial charge in [-0.25, -0.2) is 9.59 Å². The SMILES string of the molecule is CCC[C@@H](NC(=O)N(CCC)C1CCNCC1)C(=O)O. The minimum Gasteiger partial charge on any atom is -0.480 e. The summed E-state index contributed by atoms with van der Waals surface area (Å²) in [7, 11) is 0. The van der Waals surface area contributed by atoms with Crippen molar-refractivity contribution in [2.45, 2.75) is 58.0 Å². The zero-order valence-electron chi connectivity index (χ0n) is 12.5. The van der Waals surface area contributed by atoms with Gasteiger partial charge in [-0.2, -0.15) is 0 Å². The zero-order valence-corrected chi connectivity index (χ0v) is 12.5. The van der Waals surface area contributed by atoms with Gasteiger partial charge in [0.15, 0.2) is 0 Å². The van der Waals surface area contributed by atoms with Gasteiger partial charge in [0, 0.05) is 12.6 Å². The highest BCUT2D eigenvalue weighted by Crippen LogP contribution is 2.13. The van der Waals surface area contributed by atoms with Crippen molar-refractivity contribution in [3.05, 3.63) is 0 Å². The van der Waals surface area contributed by atoms with Gasteiger partial charge in [0.25, 0.3) is 0 Å². The van der Waals surface area contributed by atoms with E-state index >= 15 is 0 Å². The Morgan fingerprint density at radius 1 is 1.30 bits per heavy atom.